The molecular formula is C17H21FN2O2S. The number of esters is 1. The fourth-order valence-electron chi connectivity index (χ4n) is 2.47. The lowest BCUT2D eigenvalue weighted by atomic mass is 9.86. The average molecular weight is 336 g/mol. The van der Waals surface area contributed by atoms with Crippen LogP contribution in [-0.4, -0.2) is 35.8 Å². The highest BCUT2D eigenvalue weighted by molar-refractivity contribution is 7.99. The minimum Gasteiger partial charge on any atom is -0.465 e. The van der Waals surface area contributed by atoms with Gasteiger partial charge in [0.05, 0.1) is 12.3 Å². The molecule has 2 rings (SSSR count). The molecule has 0 aliphatic carbocycles. The molecule has 0 aromatic heterocycles. The molecule has 1 aliphatic rings. The van der Waals surface area contributed by atoms with Gasteiger partial charge in [-0.05, 0) is 36.8 Å². The molecule has 0 amide bonds. The Bertz CT molecular complexity index is 626. The van der Waals surface area contributed by atoms with Crippen LogP contribution in [0.4, 0.5) is 4.39 Å². The summed E-state index contributed by atoms with van der Waals surface area (Å²) in [7, 11) is 0. The number of carbonyl (C=O) groups excluding carboxylic acids is 1. The predicted molar refractivity (Wildman–Crippen MR) is 92.6 cm³/mol. The molecule has 0 saturated heterocycles. The second kappa shape index (κ2) is 7.73. The lowest BCUT2D eigenvalue weighted by molar-refractivity contribution is -0.143. The van der Waals surface area contributed by atoms with Gasteiger partial charge < -0.3 is 4.74 Å². The first-order chi connectivity index (χ1) is 11.0. The number of nitrogens with zero attached hydrogens (tertiary/aromatic N) is 2. The summed E-state index contributed by atoms with van der Waals surface area (Å²) >= 11 is 1.49. The van der Waals surface area contributed by atoms with Crippen LogP contribution in [0.2, 0.25) is 0 Å². The van der Waals surface area contributed by atoms with Crippen LogP contribution >= 0.6 is 11.8 Å². The number of benzene rings is 1. The molecule has 2 atom stereocenters. The number of rotatable bonds is 5. The molecule has 1 aliphatic heterocycles. The Morgan fingerprint density at radius 3 is 2.48 bits per heavy atom. The van der Waals surface area contributed by atoms with E-state index < -0.39 is 5.92 Å². The molecule has 1 heterocycles. The summed E-state index contributed by atoms with van der Waals surface area (Å²) in [5.41, 5.74) is 1.79. The molecule has 0 bridgehead atoms. The van der Waals surface area contributed by atoms with Gasteiger partial charge in [0, 0.05) is 5.71 Å². The molecule has 23 heavy (non-hydrogen) atoms. The monoisotopic (exact) mass is 336 g/mol. The fraction of sp³-hybridized carbons (Fsp3) is 0.471. The molecule has 1 aromatic rings. The first kappa shape index (κ1) is 17.7. The Labute approximate surface area is 140 Å². The van der Waals surface area contributed by atoms with Gasteiger partial charge in [0.25, 0.3) is 0 Å². The largest absolute Gasteiger partial charge is 0.465 e. The Hall–Kier alpha value is -1.69. The van der Waals surface area contributed by atoms with Gasteiger partial charge >= 0.3 is 5.97 Å². The summed E-state index contributed by atoms with van der Waals surface area (Å²) in [6.07, 6.45) is 1.92. The Morgan fingerprint density at radius 2 is 1.96 bits per heavy atom. The van der Waals surface area contributed by atoms with Crippen molar-refractivity contribution < 1.29 is 13.9 Å². The van der Waals surface area contributed by atoms with Gasteiger partial charge in [0.2, 0.25) is 0 Å². The second-order valence-corrected chi connectivity index (χ2v) is 6.37. The zero-order valence-corrected chi connectivity index (χ0v) is 14.6. The third kappa shape index (κ3) is 3.99. The van der Waals surface area contributed by atoms with Crippen molar-refractivity contribution in [3.05, 3.63) is 35.6 Å². The number of carbonyl (C=O) groups is 1. The number of hydrogen-bond acceptors (Lipinski definition) is 5. The second-order valence-electron chi connectivity index (χ2n) is 5.48. The van der Waals surface area contributed by atoms with Crippen LogP contribution in [0.3, 0.4) is 0 Å². The van der Waals surface area contributed by atoms with Crippen LogP contribution < -0.4 is 0 Å². The van der Waals surface area contributed by atoms with E-state index in [4.69, 9.17) is 4.74 Å². The third-order valence-electron chi connectivity index (χ3n) is 3.54. The molecule has 0 saturated carbocycles. The van der Waals surface area contributed by atoms with E-state index in [1.165, 1.54) is 23.9 Å². The molecule has 0 spiro atoms. The summed E-state index contributed by atoms with van der Waals surface area (Å²) < 4.78 is 18.4. The molecule has 2 unspecified atom stereocenters. The lowest BCUT2D eigenvalue weighted by Crippen LogP contribution is -2.40. The van der Waals surface area contributed by atoms with E-state index in [0.29, 0.717) is 12.3 Å². The maximum Gasteiger partial charge on any atom is 0.320 e. The van der Waals surface area contributed by atoms with Crippen molar-refractivity contribution in [2.75, 3.05) is 12.9 Å². The van der Waals surface area contributed by atoms with Crippen LogP contribution in [0.25, 0.3) is 0 Å². The summed E-state index contributed by atoms with van der Waals surface area (Å²) in [5, 5.41) is 0. The van der Waals surface area contributed by atoms with Crippen molar-refractivity contribution in [2.45, 2.75) is 26.3 Å². The van der Waals surface area contributed by atoms with E-state index in [-0.39, 0.29) is 23.2 Å². The van der Waals surface area contributed by atoms with Crippen molar-refractivity contribution in [2.24, 2.45) is 21.8 Å². The van der Waals surface area contributed by atoms with Gasteiger partial charge in [-0.15, -0.1) is 11.8 Å². The molecule has 1 aromatic carbocycles. The van der Waals surface area contributed by atoms with Gasteiger partial charge in [-0.2, -0.15) is 0 Å². The highest BCUT2D eigenvalue weighted by atomic mass is 32.2. The highest BCUT2D eigenvalue weighted by Crippen LogP contribution is 2.27. The van der Waals surface area contributed by atoms with Crippen molar-refractivity contribution in [1.82, 2.24) is 0 Å². The first-order valence-corrected chi connectivity index (χ1v) is 8.87. The van der Waals surface area contributed by atoms with Crippen molar-refractivity contribution in [3.8, 4) is 0 Å². The van der Waals surface area contributed by atoms with Crippen molar-refractivity contribution in [3.63, 3.8) is 0 Å². The molecule has 6 heteroatoms. The Balaban J connectivity index is 2.50. The third-order valence-corrected chi connectivity index (χ3v) is 4.18. The standard InChI is InChI=1S/C17H21FN2O2S/c1-5-22-16(21)13-14(10(2)3)19-17(23-4)20-15(13)11-6-8-12(18)9-7-11/h6-10,13,17H,5H2,1-4H3. The summed E-state index contributed by atoms with van der Waals surface area (Å²) in [6, 6.07) is 6.02. The van der Waals surface area contributed by atoms with Crippen LogP contribution in [0.5, 0.6) is 0 Å². The Morgan fingerprint density at radius 1 is 1.30 bits per heavy atom. The van der Waals surface area contributed by atoms with Crippen LogP contribution in [0, 0.1) is 17.7 Å². The normalized spacial score (nSPS) is 21.0. The fourth-order valence-corrected chi connectivity index (χ4v) is 2.92. The summed E-state index contributed by atoms with van der Waals surface area (Å²) in [5.74, 6) is -1.23. The molecule has 4 nitrogen and oxygen atoms in total. The quantitative estimate of drug-likeness (QED) is 0.773. The number of thioether (sulfide) groups is 1. The molecular weight excluding hydrogens is 315 g/mol. The van der Waals surface area contributed by atoms with E-state index in [9.17, 15) is 9.18 Å². The number of halogens is 1. The van der Waals surface area contributed by atoms with Crippen molar-refractivity contribution >= 4 is 29.2 Å². The minimum atomic E-state index is -0.635. The van der Waals surface area contributed by atoms with Gasteiger partial charge in [-0.3, -0.25) is 14.8 Å². The van der Waals surface area contributed by atoms with Crippen molar-refractivity contribution in [1.29, 1.82) is 0 Å². The maximum atomic E-state index is 13.2. The van der Waals surface area contributed by atoms with Gasteiger partial charge in [0.1, 0.15) is 11.7 Å². The van der Waals surface area contributed by atoms with E-state index >= 15 is 0 Å². The topological polar surface area (TPSA) is 51.0 Å². The molecule has 0 fully saturated rings. The molecule has 0 N–H and O–H groups in total. The molecule has 124 valence electrons. The number of hydrogen-bond donors (Lipinski definition) is 0. The minimum absolute atomic E-state index is 0.0880. The van der Waals surface area contributed by atoms with Crippen LogP contribution in [0.15, 0.2) is 34.3 Å². The summed E-state index contributed by atoms with van der Waals surface area (Å²) in [6.45, 7) is 6.06. The SMILES string of the molecule is CCOC(=O)C1C(c2ccc(F)cc2)=NC(SC)N=C1C(C)C. The van der Waals surface area contributed by atoms with E-state index in [2.05, 4.69) is 9.98 Å². The summed E-state index contributed by atoms with van der Waals surface area (Å²) in [4.78, 5) is 21.7. The van der Waals surface area contributed by atoms with E-state index in [1.54, 1.807) is 19.1 Å². The lowest BCUT2D eigenvalue weighted by Gasteiger charge is -2.28. The first-order valence-electron chi connectivity index (χ1n) is 7.58. The van der Waals surface area contributed by atoms with Gasteiger partial charge in [-0.25, -0.2) is 4.39 Å². The van der Waals surface area contributed by atoms with E-state index in [0.717, 1.165) is 11.3 Å². The van der Waals surface area contributed by atoms with Crippen LogP contribution in [-0.2, 0) is 9.53 Å². The average Bonchev–Trinajstić information content (AvgIpc) is 2.54. The van der Waals surface area contributed by atoms with E-state index in [1.807, 2.05) is 20.1 Å². The van der Waals surface area contributed by atoms with Gasteiger partial charge in [-0.1, -0.05) is 26.0 Å². The predicted octanol–water partition coefficient (Wildman–Crippen LogP) is 3.55. The molecule has 0 radical (unpaired) electrons. The maximum absolute atomic E-state index is 13.2. The highest BCUT2D eigenvalue weighted by Gasteiger charge is 2.37. The Kier molecular flexibility index (Phi) is 5.93. The smallest absolute Gasteiger partial charge is 0.320 e. The van der Waals surface area contributed by atoms with Gasteiger partial charge in [0.15, 0.2) is 5.50 Å². The number of ether oxygens (including phenoxy) is 1. The zero-order chi connectivity index (χ0) is 17.0. The number of aliphatic imine (C=N–C) groups is 2. The zero-order valence-electron chi connectivity index (χ0n) is 13.7. The van der Waals surface area contributed by atoms with Crippen LogP contribution in [0.1, 0.15) is 26.3 Å².